The number of carbonyl (C=O) groups excluding carboxylic acids is 1. The number of hydrogen-bond donors (Lipinski definition) is 2. The van der Waals surface area contributed by atoms with Crippen LogP contribution in [-0.4, -0.2) is 44.5 Å². The predicted octanol–water partition coefficient (Wildman–Crippen LogP) is 1.54. The van der Waals surface area contributed by atoms with Gasteiger partial charge in [-0.1, -0.05) is 25.1 Å². The summed E-state index contributed by atoms with van der Waals surface area (Å²) >= 11 is 0. The maximum Gasteiger partial charge on any atom is 0.344 e. The Morgan fingerprint density at radius 1 is 1.30 bits per heavy atom. The number of fused-ring (bicyclic) bond motifs is 5. The van der Waals surface area contributed by atoms with Crippen molar-refractivity contribution >= 4 is 16.9 Å². The first-order valence-corrected chi connectivity index (χ1v) is 9.82. The van der Waals surface area contributed by atoms with Crippen molar-refractivity contribution in [2.45, 2.75) is 31.6 Å². The molecule has 2 atom stereocenters. The number of benzene rings is 1. The number of nitrogens with zero attached hydrogens (tertiary/aromatic N) is 2. The van der Waals surface area contributed by atoms with Crippen LogP contribution in [-0.2, 0) is 16.0 Å². The molecule has 0 fully saturated rings. The Hall–Kier alpha value is -3.07. The van der Waals surface area contributed by atoms with Gasteiger partial charge in [-0.15, -0.1) is 0 Å². The largest absolute Gasteiger partial charge is 0.418 e. The molecule has 0 spiro atoms. The van der Waals surface area contributed by atoms with Gasteiger partial charge in [0.25, 0.3) is 5.56 Å². The van der Waals surface area contributed by atoms with Crippen LogP contribution in [0.5, 0.6) is 5.75 Å². The number of rotatable bonds is 4. The normalized spacial score (nSPS) is 21.8. The number of hydrogen-bond acceptors (Lipinski definition) is 7. The molecule has 5 rings (SSSR count). The maximum absolute atomic E-state index is 13.3. The molecule has 2 N–H and O–H groups in total. The Morgan fingerprint density at radius 3 is 2.87 bits per heavy atom. The third-order valence-electron chi connectivity index (χ3n) is 5.78. The number of para-hydroxylation sites is 1. The average Bonchev–Trinajstić information content (AvgIpc) is 3.05. The van der Waals surface area contributed by atoms with E-state index in [1.165, 1.54) is 4.57 Å². The molecular formula is C22H20N2O6. The topological polar surface area (TPSA) is 111 Å². The van der Waals surface area contributed by atoms with Crippen LogP contribution in [0, 0.1) is 0 Å². The molecule has 2 aliphatic heterocycles. The lowest BCUT2D eigenvalue weighted by Gasteiger charge is -2.30. The van der Waals surface area contributed by atoms with Crippen molar-refractivity contribution in [2.24, 2.45) is 0 Å². The van der Waals surface area contributed by atoms with Crippen LogP contribution in [0.1, 0.15) is 30.7 Å². The Bertz CT molecular complexity index is 1250. The van der Waals surface area contributed by atoms with Gasteiger partial charge in [-0.3, -0.25) is 9.36 Å². The van der Waals surface area contributed by atoms with Crippen molar-refractivity contribution in [1.29, 1.82) is 0 Å². The van der Waals surface area contributed by atoms with Gasteiger partial charge < -0.3 is 19.7 Å². The van der Waals surface area contributed by atoms with Gasteiger partial charge in [0.2, 0.25) is 0 Å². The van der Waals surface area contributed by atoms with Crippen molar-refractivity contribution in [2.75, 3.05) is 13.2 Å². The molecule has 8 heteroatoms. The second kappa shape index (κ2) is 6.73. The molecule has 0 radical (unpaired) electrons. The van der Waals surface area contributed by atoms with E-state index in [1.54, 1.807) is 13.0 Å². The molecule has 8 nitrogen and oxygen atoms in total. The van der Waals surface area contributed by atoms with Crippen molar-refractivity contribution in [3.63, 3.8) is 0 Å². The van der Waals surface area contributed by atoms with Crippen LogP contribution in [0.4, 0.5) is 0 Å². The van der Waals surface area contributed by atoms with Crippen LogP contribution in [0.25, 0.3) is 22.3 Å². The van der Waals surface area contributed by atoms with E-state index < -0.39 is 23.4 Å². The van der Waals surface area contributed by atoms with Crippen LogP contribution in [0.2, 0.25) is 0 Å². The van der Waals surface area contributed by atoms with Gasteiger partial charge in [0.05, 0.1) is 30.1 Å². The van der Waals surface area contributed by atoms with Crippen molar-refractivity contribution in [3.05, 3.63) is 57.9 Å². The molecule has 4 heterocycles. The quantitative estimate of drug-likeness (QED) is 0.630. The zero-order valence-corrected chi connectivity index (χ0v) is 16.3. The molecule has 1 aromatic carbocycles. The molecule has 0 bridgehead atoms. The van der Waals surface area contributed by atoms with Crippen LogP contribution < -0.4 is 10.3 Å². The molecule has 3 aromatic rings. The van der Waals surface area contributed by atoms with Crippen LogP contribution in [0.3, 0.4) is 0 Å². The highest BCUT2D eigenvalue weighted by Gasteiger charge is 2.44. The Morgan fingerprint density at radius 2 is 2.10 bits per heavy atom. The van der Waals surface area contributed by atoms with E-state index in [1.807, 2.05) is 30.3 Å². The van der Waals surface area contributed by atoms with E-state index in [-0.39, 0.29) is 31.8 Å². The fraction of sp³-hybridized carbons (Fsp3) is 0.318. The first kappa shape index (κ1) is 18.9. The number of aliphatic hydroxyl groups is 2. The highest BCUT2D eigenvalue weighted by Crippen LogP contribution is 2.42. The molecule has 0 saturated heterocycles. The number of esters is 1. The summed E-state index contributed by atoms with van der Waals surface area (Å²) < 4.78 is 12.5. The lowest BCUT2D eigenvalue weighted by molar-refractivity contribution is -0.158. The lowest BCUT2D eigenvalue weighted by Crippen LogP contribution is -2.48. The number of ether oxygens (including phenoxy) is 2. The minimum absolute atomic E-state index is 0.00811. The van der Waals surface area contributed by atoms with Crippen LogP contribution in [0.15, 0.2) is 41.2 Å². The highest BCUT2D eigenvalue weighted by atomic mass is 16.6. The summed E-state index contributed by atoms with van der Waals surface area (Å²) in [6.07, 6.45) is -0.639. The highest BCUT2D eigenvalue weighted by molar-refractivity contribution is 5.86. The molecule has 154 valence electrons. The monoisotopic (exact) mass is 408 g/mol. The fourth-order valence-corrected chi connectivity index (χ4v) is 4.15. The smallest absolute Gasteiger partial charge is 0.344 e. The van der Waals surface area contributed by atoms with Gasteiger partial charge in [0, 0.05) is 22.9 Å². The molecule has 2 aliphatic rings. The third kappa shape index (κ3) is 2.61. The number of pyridine rings is 2. The second-order valence-electron chi connectivity index (χ2n) is 7.58. The SMILES string of the molecule is CC[C@]1(O)Cc2cc3n(c(=O)c2OC1=O)[C@@H](OCCO)c1cc2ccccc2nc1-3. The van der Waals surface area contributed by atoms with E-state index in [4.69, 9.17) is 14.5 Å². The van der Waals surface area contributed by atoms with E-state index in [0.29, 0.717) is 22.5 Å². The second-order valence-corrected chi connectivity index (χ2v) is 7.58. The molecule has 30 heavy (non-hydrogen) atoms. The first-order chi connectivity index (χ1) is 14.5. The minimum Gasteiger partial charge on any atom is -0.418 e. The minimum atomic E-state index is -1.66. The van der Waals surface area contributed by atoms with Crippen molar-refractivity contribution in [1.82, 2.24) is 9.55 Å². The number of aromatic nitrogens is 2. The summed E-state index contributed by atoms with van der Waals surface area (Å²) in [7, 11) is 0. The summed E-state index contributed by atoms with van der Waals surface area (Å²) in [5.41, 5.74) is 0.847. The van der Waals surface area contributed by atoms with E-state index >= 15 is 0 Å². The van der Waals surface area contributed by atoms with E-state index in [9.17, 15) is 19.8 Å². The van der Waals surface area contributed by atoms with Crippen molar-refractivity contribution in [3.8, 4) is 17.1 Å². The molecule has 0 unspecified atom stereocenters. The molecule has 0 amide bonds. The van der Waals surface area contributed by atoms with Gasteiger partial charge in [0.1, 0.15) is 0 Å². The summed E-state index contributed by atoms with van der Waals surface area (Å²) in [6, 6.07) is 11.2. The standard InChI is InChI=1S/C22H20N2O6/c1-2-22(28)11-13-10-16-17-14(9-12-5-3-4-6-15(12)23-17)20(29-8-7-25)24(16)19(26)18(13)30-21(22)27/h3-6,9-10,20,25,28H,2,7-8,11H2,1H3/t20-,22-/m0/s1. The predicted molar refractivity (Wildman–Crippen MR) is 107 cm³/mol. The van der Waals surface area contributed by atoms with Gasteiger partial charge in [-0.25, -0.2) is 9.78 Å². The van der Waals surface area contributed by atoms with E-state index in [0.717, 1.165) is 10.9 Å². The summed E-state index contributed by atoms with van der Waals surface area (Å²) in [6.45, 7) is 1.50. The Balaban J connectivity index is 1.76. The van der Waals surface area contributed by atoms with E-state index in [2.05, 4.69) is 0 Å². The lowest BCUT2D eigenvalue weighted by atomic mass is 9.89. The summed E-state index contributed by atoms with van der Waals surface area (Å²) in [5.74, 6) is -0.931. The zero-order valence-electron chi connectivity index (χ0n) is 16.3. The number of aliphatic hydroxyl groups excluding tert-OH is 1. The fourth-order valence-electron chi connectivity index (χ4n) is 4.15. The van der Waals surface area contributed by atoms with Gasteiger partial charge >= 0.3 is 5.97 Å². The van der Waals surface area contributed by atoms with Gasteiger partial charge in [-0.2, -0.15) is 0 Å². The molecule has 0 aliphatic carbocycles. The van der Waals surface area contributed by atoms with Crippen molar-refractivity contribution < 1.29 is 24.5 Å². The molecular weight excluding hydrogens is 388 g/mol. The average molecular weight is 408 g/mol. The molecule has 0 saturated carbocycles. The van der Waals surface area contributed by atoms with Gasteiger partial charge in [-0.05, 0) is 24.6 Å². The Kier molecular flexibility index (Phi) is 4.25. The van der Waals surface area contributed by atoms with Gasteiger partial charge in [0.15, 0.2) is 17.6 Å². The first-order valence-electron chi connectivity index (χ1n) is 9.82. The zero-order chi connectivity index (χ0) is 21.0. The third-order valence-corrected chi connectivity index (χ3v) is 5.78. The molecule has 2 aromatic heterocycles. The summed E-state index contributed by atoms with van der Waals surface area (Å²) in [5, 5.41) is 20.7. The maximum atomic E-state index is 13.3. The van der Waals surface area contributed by atoms with Crippen LogP contribution >= 0.6 is 0 Å². The number of carbonyl (C=O) groups is 1. The summed E-state index contributed by atoms with van der Waals surface area (Å²) in [4.78, 5) is 30.4. The Labute approximate surface area is 171 Å².